The van der Waals surface area contributed by atoms with Crippen molar-refractivity contribution in [2.24, 2.45) is 0 Å². The number of fused-ring (bicyclic) bond motifs is 1. The molecule has 1 aromatic carbocycles. The Balaban J connectivity index is 1.70. The van der Waals surface area contributed by atoms with Gasteiger partial charge in [0.25, 0.3) is 5.91 Å². The van der Waals surface area contributed by atoms with E-state index in [1.54, 1.807) is 18.0 Å². The van der Waals surface area contributed by atoms with Crippen molar-refractivity contribution in [3.8, 4) is 0 Å². The summed E-state index contributed by atoms with van der Waals surface area (Å²) in [5.74, 6) is 0.555. The smallest absolute Gasteiger partial charge is 0.255 e. The third-order valence-corrected chi connectivity index (χ3v) is 5.10. The Morgan fingerprint density at radius 3 is 2.72 bits per heavy atom. The molecule has 150 valence electrons. The van der Waals surface area contributed by atoms with Crippen molar-refractivity contribution in [3.05, 3.63) is 53.9 Å². The molecule has 7 nitrogen and oxygen atoms in total. The van der Waals surface area contributed by atoms with Crippen LogP contribution in [0.4, 0.5) is 11.5 Å². The Kier molecular flexibility index (Phi) is 5.20. The lowest BCUT2D eigenvalue weighted by molar-refractivity contribution is -0.116. The van der Waals surface area contributed by atoms with Crippen LogP contribution in [-0.2, 0) is 11.3 Å². The van der Waals surface area contributed by atoms with Crippen LogP contribution in [0.25, 0.3) is 10.9 Å². The molecule has 0 unspecified atom stereocenters. The van der Waals surface area contributed by atoms with Crippen LogP contribution in [-0.4, -0.2) is 34.4 Å². The Bertz CT molecular complexity index is 1040. The lowest BCUT2D eigenvalue weighted by atomic mass is 10.1. The molecule has 0 saturated heterocycles. The highest BCUT2D eigenvalue weighted by Gasteiger charge is 2.27. The molecular weight excluding hydrogens is 366 g/mol. The van der Waals surface area contributed by atoms with E-state index in [1.165, 1.54) is 0 Å². The van der Waals surface area contributed by atoms with Gasteiger partial charge < -0.3 is 20.5 Å². The first-order valence-corrected chi connectivity index (χ1v) is 9.95. The van der Waals surface area contributed by atoms with Crippen LogP contribution in [0.15, 0.2) is 42.6 Å². The van der Waals surface area contributed by atoms with Gasteiger partial charge in [0.2, 0.25) is 5.91 Å². The molecule has 1 saturated carbocycles. The van der Waals surface area contributed by atoms with Gasteiger partial charge in [0.15, 0.2) is 0 Å². The van der Waals surface area contributed by atoms with Gasteiger partial charge in [-0.2, -0.15) is 0 Å². The van der Waals surface area contributed by atoms with E-state index in [9.17, 15) is 9.59 Å². The minimum absolute atomic E-state index is 0.0152. The monoisotopic (exact) mass is 391 g/mol. The Hall–Kier alpha value is -3.35. The summed E-state index contributed by atoms with van der Waals surface area (Å²) < 4.78 is 0. The van der Waals surface area contributed by atoms with Crippen LogP contribution in [0.1, 0.15) is 42.7 Å². The summed E-state index contributed by atoms with van der Waals surface area (Å²) in [5.41, 5.74) is 3.10. The summed E-state index contributed by atoms with van der Waals surface area (Å²) in [7, 11) is 0. The van der Waals surface area contributed by atoms with Crippen LogP contribution in [0.2, 0.25) is 0 Å². The number of carbonyl (C=O) groups is 2. The van der Waals surface area contributed by atoms with Gasteiger partial charge in [0.05, 0.1) is 17.8 Å². The van der Waals surface area contributed by atoms with Crippen molar-refractivity contribution in [3.63, 3.8) is 0 Å². The van der Waals surface area contributed by atoms with Gasteiger partial charge in [-0.1, -0.05) is 6.07 Å². The molecular formula is C22H25N5O2. The predicted octanol–water partition coefficient (Wildman–Crippen LogP) is 3.44. The normalized spacial score (nSPS) is 13.3. The zero-order valence-corrected chi connectivity index (χ0v) is 16.7. The molecule has 0 atom stereocenters. The molecule has 1 aliphatic rings. The number of aromatic amines is 1. The van der Waals surface area contributed by atoms with E-state index in [2.05, 4.69) is 20.6 Å². The Morgan fingerprint density at radius 2 is 2.07 bits per heavy atom. The zero-order valence-electron chi connectivity index (χ0n) is 16.7. The summed E-state index contributed by atoms with van der Waals surface area (Å²) in [6, 6.07) is 11.7. The summed E-state index contributed by atoms with van der Waals surface area (Å²) >= 11 is 0. The highest BCUT2D eigenvalue weighted by atomic mass is 16.2. The first-order chi connectivity index (χ1) is 14.1. The molecule has 3 aromatic rings. The number of pyridine rings is 1. The quantitative estimate of drug-likeness (QED) is 0.575. The fourth-order valence-corrected chi connectivity index (χ4v) is 3.48. The average molecular weight is 391 g/mol. The number of amides is 2. The summed E-state index contributed by atoms with van der Waals surface area (Å²) in [5, 5.41) is 7.22. The first kappa shape index (κ1) is 19.0. The van der Waals surface area contributed by atoms with Crippen LogP contribution < -0.4 is 15.5 Å². The molecule has 7 heteroatoms. The van der Waals surface area contributed by atoms with Crippen molar-refractivity contribution >= 4 is 34.2 Å². The highest BCUT2D eigenvalue weighted by Crippen LogP contribution is 2.31. The Morgan fingerprint density at radius 1 is 1.24 bits per heavy atom. The molecule has 4 rings (SSSR count). The topological polar surface area (TPSA) is 90.1 Å². The molecule has 29 heavy (non-hydrogen) atoms. The van der Waals surface area contributed by atoms with Crippen LogP contribution in [0.5, 0.6) is 0 Å². The molecule has 2 amide bonds. The minimum atomic E-state index is -0.0889. The standard InChI is InChI=1S/C22H25N5O2/c1-3-27(14(2)28)17-9-10-18-19(12-17)26-21(20(18)22(29)25-15-7-8-15)24-13-16-6-4-5-11-23-16/h4-6,9-12,15,24,26H,3,7-8,13H2,1-2H3,(H,25,29). The molecule has 1 fully saturated rings. The van der Waals surface area contributed by atoms with Gasteiger partial charge in [0.1, 0.15) is 5.82 Å². The van der Waals surface area contributed by atoms with Gasteiger partial charge in [-0.25, -0.2) is 0 Å². The first-order valence-electron chi connectivity index (χ1n) is 9.95. The maximum absolute atomic E-state index is 12.9. The van der Waals surface area contributed by atoms with E-state index in [4.69, 9.17) is 0 Å². The Labute approximate surface area is 169 Å². The second kappa shape index (κ2) is 7.95. The zero-order chi connectivity index (χ0) is 20.4. The number of aromatic nitrogens is 2. The lowest BCUT2D eigenvalue weighted by Crippen LogP contribution is -2.27. The maximum Gasteiger partial charge on any atom is 0.255 e. The molecule has 2 heterocycles. The fourth-order valence-electron chi connectivity index (χ4n) is 3.48. The fraction of sp³-hybridized carbons (Fsp3) is 0.318. The number of nitrogens with one attached hydrogen (secondary N) is 3. The van der Waals surface area contributed by atoms with Crippen LogP contribution >= 0.6 is 0 Å². The van der Waals surface area contributed by atoms with Crippen LogP contribution in [0.3, 0.4) is 0 Å². The lowest BCUT2D eigenvalue weighted by Gasteiger charge is -2.18. The summed E-state index contributed by atoms with van der Waals surface area (Å²) in [6.07, 6.45) is 3.80. The van der Waals surface area contributed by atoms with Crippen LogP contribution in [0, 0.1) is 0 Å². The largest absolute Gasteiger partial charge is 0.365 e. The van der Waals surface area contributed by atoms with Crippen molar-refractivity contribution < 1.29 is 9.59 Å². The predicted molar refractivity (Wildman–Crippen MR) is 114 cm³/mol. The van der Waals surface area contributed by atoms with Crippen molar-refractivity contribution in [1.29, 1.82) is 0 Å². The second-order valence-electron chi connectivity index (χ2n) is 7.29. The SMILES string of the molecule is CCN(C(C)=O)c1ccc2c(C(=O)NC3CC3)c(NCc3ccccn3)[nH]c2c1. The number of anilines is 2. The molecule has 3 N–H and O–H groups in total. The third-order valence-electron chi connectivity index (χ3n) is 5.10. The summed E-state index contributed by atoms with van der Waals surface area (Å²) in [4.78, 5) is 34.2. The maximum atomic E-state index is 12.9. The van der Waals surface area contributed by atoms with E-state index < -0.39 is 0 Å². The number of H-pyrrole nitrogens is 1. The van der Waals surface area contributed by atoms with Gasteiger partial charge in [-0.3, -0.25) is 14.6 Å². The van der Waals surface area contributed by atoms with E-state index in [1.807, 2.05) is 43.3 Å². The number of benzene rings is 1. The van der Waals surface area contributed by atoms with Crippen molar-refractivity contribution in [2.45, 2.75) is 39.3 Å². The van der Waals surface area contributed by atoms with E-state index in [0.717, 1.165) is 35.1 Å². The average Bonchev–Trinajstić information content (AvgIpc) is 3.45. The third kappa shape index (κ3) is 4.08. The number of rotatable bonds is 7. The van der Waals surface area contributed by atoms with Gasteiger partial charge in [-0.05, 0) is 50.1 Å². The number of carbonyl (C=O) groups excluding carboxylic acids is 2. The highest BCUT2D eigenvalue weighted by molar-refractivity contribution is 6.12. The van der Waals surface area contributed by atoms with E-state index in [0.29, 0.717) is 24.5 Å². The molecule has 0 radical (unpaired) electrons. The van der Waals surface area contributed by atoms with Gasteiger partial charge in [-0.15, -0.1) is 0 Å². The number of hydrogen-bond donors (Lipinski definition) is 3. The minimum Gasteiger partial charge on any atom is -0.365 e. The molecule has 0 aliphatic heterocycles. The van der Waals surface area contributed by atoms with Crippen molar-refractivity contribution in [2.75, 3.05) is 16.8 Å². The molecule has 0 bridgehead atoms. The number of nitrogens with zero attached hydrogens (tertiary/aromatic N) is 2. The molecule has 0 spiro atoms. The van der Waals surface area contributed by atoms with Gasteiger partial charge >= 0.3 is 0 Å². The van der Waals surface area contributed by atoms with Gasteiger partial charge in [0, 0.05) is 42.3 Å². The van der Waals surface area contributed by atoms with E-state index in [-0.39, 0.29) is 17.9 Å². The number of hydrogen-bond acceptors (Lipinski definition) is 4. The summed E-state index contributed by atoms with van der Waals surface area (Å²) in [6.45, 7) is 4.57. The van der Waals surface area contributed by atoms with Crippen molar-refractivity contribution in [1.82, 2.24) is 15.3 Å². The molecule has 1 aliphatic carbocycles. The van der Waals surface area contributed by atoms with E-state index >= 15 is 0 Å². The molecule has 2 aromatic heterocycles. The second-order valence-corrected chi connectivity index (χ2v) is 7.29.